The van der Waals surface area contributed by atoms with Crippen LogP contribution < -0.4 is 5.73 Å². The molecule has 1 rings (SSSR count). The first kappa shape index (κ1) is 13.0. The molecule has 0 saturated heterocycles. The van der Waals surface area contributed by atoms with Crippen molar-refractivity contribution in [1.29, 1.82) is 0 Å². The highest BCUT2D eigenvalue weighted by atomic mass is 16.6. The zero-order valence-corrected chi connectivity index (χ0v) is 9.64. The zero-order chi connectivity index (χ0) is 12.7. The van der Waals surface area contributed by atoms with E-state index in [1.807, 2.05) is 0 Å². The van der Waals surface area contributed by atoms with Gasteiger partial charge in [0.05, 0.1) is 6.61 Å². The second-order valence-electron chi connectivity index (χ2n) is 3.38. The number of carbonyl (C=O) groups excluding carboxylic acids is 2. The van der Waals surface area contributed by atoms with Crippen molar-refractivity contribution in [2.75, 3.05) is 12.3 Å². The molecule has 92 valence electrons. The Balaban J connectivity index is 2.33. The van der Waals surface area contributed by atoms with Crippen LogP contribution in [-0.2, 0) is 25.7 Å². The summed E-state index contributed by atoms with van der Waals surface area (Å²) in [7, 11) is 0. The molecule has 5 heteroatoms. The second-order valence-corrected chi connectivity index (χ2v) is 3.38. The molecule has 0 spiro atoms. The summed E-state index contributed by atoms with van der Waals surface area (Å²) in [5.41, 5.74) is 6.97. The SMILES string of the molecule is CCOC(=O)CC(=O)OCc1ccc(N)cc1. The van der Waals surface area contributed by atoms with Crippen molar-refractivity contribution in [3.63, 3.8) is 0 Å². The fourth-order valence-corrected chi connectivity index (χ4v) is 1.16. The van der Waals surface area contributed by atoms with E-state index in [2.05, 4.69) is 4.74 Å². The van der Waals surface area contributed by atoms with Gasteiger partial charge >= 0.3 is 11.9 Å². The summed E-state index contributed by atoms with van der Waals surface area (Å²) in [6.45, 7) is 2.06. The van der Waals surface area contributed by atoms with Crippen LogP contribution in [0.1, 0.15) is 18.9 Å². The summed E-state index contributed by atoms with van der Waals surface area (Å²) in [4.78, 5) is 22.2. The summed E-state index contributed by atoms with van der Waals surface area (Å²) >= 11 is 0. The average Bonchev–Trinajstić information content (AvgIpc) is 2.28. The molecule has 0 heterocycles. The highest BCUT2D eigenvalue weighted by molar-refractivity contribution is 5.91. The van der Waals surface area contributed by atoms with Gasteiger partial charge in [0.25, 0.3) is 0 Å². The monoisotopic (exact) mass is 237 g/mol. The molecular formula is C12H15NO4. The quantitative estimate of drug-likeness (QED) is 0.474. The maximum atomic E-state index is 11.2. The van der Waals surface area contributed by atoms with Crippen LogP contribution in [0, 0.1) is 0 Å². The maximum Gasteiger partial charge on any atom is 0.317 e. The van der Waals surface area contributed by atoms with Crippen molar-refractivity contribution in [1.82, 2.24) is 0 Å². The van der Waals surface area contributed by atoms with E-state index in [9.17, 15) is 9.59 Å². The van der Waals surface area contributed by atoms with E-state index in [1.54, 1.807) is 31.2 Å². The van der Waals surface area contributed by atoms with Crippen molar-refractivity contribution in [3.8, 4) is 0 Å². The number of ether oxygens (including phenoxy) is 2. The third kappa shape index (κ3) is 5.01. The van der Waals surface area contributed by atoms with Crippen molar-refractivity contribution >= 4 is 17.6 Å². The van der Waals surface area contributed by atoms with E-state index in [-0.39, 0.29) is 19.6 Å². The van der Waals surface area contributed by atoms with Crippen LogP contribution in [0.2, 0.25) is 0 Å². The van der Waals surface area contributed by atoms with Gasteiger partial charge in [-0.2, -0.15) is 0 Å². The molecule has 0 fully saturated rings. The molecule has 1 aromatic rings. The van der Waals surface area contributed by atoms with E-state index in [0.717, 1.165) is 5.56 Å². The van der Waals surface area contributed by atoms with Gasteiger partial charge in [0.15, 0.2) is 0 Å². The molecule has 0 saturated carbocycles. The van der Waals surface area contributed by atoms with Crippen molar-refractivity contribution < 1.29 is 19.1 Å². The zero-order valence-electron chi connectivity index (χ0n) is 9.64. The first-order chi connectivity index (χ1) is 8.11. The fourth-order valence-electron chi connectivity index (χ4n) is 1.16. The van der Waals surface area contributed by atoms with Crippen LogP contribution in [0.25, 0.3) is 0 Å². The van der Waals surface area contributed by atoms with E-state index < -0.39 is 11.9 Å². The molecule has 0 radical (unpaired) electrons. The molecular weight excluding hydrogens is 222 g/mol. The van der Waals surface area contributed by atoms with Gasteiger partial charge < -0.3 is 15.2 Å². The minimum Gasteiger partial charge on any atom is -0.466 e. The second kappa shape index (κ2) is 6.52. The van der Waals surface area contributed by atoms with Crippen LogP contribution in [0.15, 0.2) is 24.3 Å². The molecule has 17 heavy (non-hydrogen) atoms. The minimum atomic E-state index is -0.597. The van der Waals surface area contributed by atoms with E-state index in [0.29, 0.717) is 5.69 Å². The van der Waals surface area contributed by atoms with Gasteiger partial charge in [-0.1, -0.05) is 12.1 Å². The Morgan fingerprint density at radius 1 is 1.12 bits per heavy atom. The molecule has 0 bridgehead atoms. The number of anilines is 1. The molecule has 5 nitrogen and oxygen atoms in total. The Morgan fingerprint density at radius 2 is 1.71 bits per heavy atom. The standard InChI is InChI=1S/C12H15NO4/c1-2-16-11(14)7-12(15)17-8-9-3-5-10(13)6-4-9/h3-6H,2,7-8,13H2,1H3. The topological polar surface area (TPSA) is 78.6 Å². The fraction of sp³-hybridized carbons (Fsp3) is 0.333. The molecule has 1 aromatic carbocycles. The molecule has 0 aliphatic heterocycles. The van der Waals surface area contributed by atoms with Crippen molar-refractivity contribution in [2.24, 2.45) is 0 Å². The Labute approximate surface area is 99.5 Å². The van der Waals surface area contributed by atoms with E-state index in [1.165, 1.54) is 0 Å². The normalized spacial score (nSPS) is 9.71. The van der Waals surface area contributed by atoms with Gasteiger partial charge in [-0.15, -0.1) is 0 Å². The van der Waals surface area contributed by atoms with Gasteiger partial charge in [0.1, 0.15) is 13.0 Å². The number of carbonyl (C=O) groups is 2. The molecule has 0 unspecified atom stereocenters. The molecule has 2 N–H and O–H groups in total. The lowest BCUT2D eigenvalue weighted by Crippen LogP contribution is -2.13. The van der Waals surface area contributed by atoms with Crippen molar-refractivity contribution in [3.05, 3.63) is 29.8 Å². The van der Waals surface area contributed by atoms with E-state index >= 15 is 0 Å². The number of esters is 2. The molecule has 0 aliphatic carbocycles. The smallest absolute Gasteiger partial charge is 0.317 e. The summed E-state index contributed by atoms with van der Waals surface area (Å²) in [5, 5.41) is 0. The largest absolute Gasteiger partial charge is 0.466 e. The summed E-state index contributed by atoms with van der Waals surface area (Å²) < 4.78 is 9.53. The molecule has 0 aliphatic rings. The van der Waals surface area contributed by atoms with Crippen LogP contribution in [0.5, 0.6) is 0 Å². The number of rotatable bonds is 5. The number of nitrogens with two attached hydrogens (primary N) is 1. The van der Waals surface area contributed by atoms with Crippen molar-refractivity contribution in [2.45, 2.75) is 20.0 Å². The lowest BCUT2D eigenvalue weighted by molar-refractivity contribution is -0.155. The predicted octanol–water partition coefficient (Wildman–Crippen LogP) is 1.27. The van der Waals surface area contributed by atoms with Crippen LogP contribution in [0.3, 0.4) is 0 Å². The molecule has 0 aromatic heterocycles. The lowest BCUT2D eigenvalue weighted by atomic mass is 10.2. The summed E-state index contributed by atoms with van der Waals surface area (Å²) in [6, 6.07) is 6.95. The van der Waals surface area contributed by atoms with Crippen LogP contribution >= 0.6 is 0 Å². The van der Waals surface area contributed by atoms with Gasteiger partial charge in [-0.3, -0.25) is 9.59 Å². The average molecular weight is 237 g/mol. The minimum absolute atomic E-state index is 0.124. The first-order valence-corrected chi connectivity index (χ1v) is 5.27. The van der Waals surface area contributed by atoms with Crippen LogP contribution in [-0.4, -0.2) is 18.5 Å². The third-order valence-electron chi connectivity index (χ3n) is 1.97. The van der Waals surface area contributed by atoms with Gasteiger partial charge in [0, 0.05) is 5.69 Å². The number of hydrogen-bond acceptors (Lipinski definition) is 5. The Bertz CT molecular complexity index is 386. The van der Waals surface area contributed by atoms with Gasteiger partial charge in [-0.05, 0) is 24.6 Å². The number of nitrogen functional groups attached to an aromatic ring is 1. The Hall–Kier alpha value is -2.04. The van der Waals surface area contributed by atoms with Gasteiger partial charge in [-0.25, -0.2) is 0 Å². The van der Waals surface area contributed by atoms with Crippen LogP contribution in [0.4, 0.5) is 5.69 Å². The number of benzene rings is 1. The first-order valence-electron chi connectivity index (χ1n) is 5.27. The van der Waals surface area contributed by atoms with Gasteiger partial charge in [0.2, 0.25) is 0 Å². The number of hydrogen-bond donors (Lipinski definition) is 1. The summed E-state index contributed by atoms with van der Waals surface area (Å²) in [5.74, 6) is -1.17. The highest BCUT2D eigenvalue weighted by Crippen LogP contribution is 2.07. The molecule has 0 amide bonds. The lowest BCUT2D eigenvalue weighted by Gasteiger charge is -2.05. The Morgan fingerprint density at radius 3 is 2.29 bits per heavy atom. The third-order valence-corrected chi connectivity index (χ3v) is 1.97. The van der Waals surface area contributed by atoms with E-state index in [4.69, 9.17) is 10.5 Å². The molecule has 0 atom stereocenters. The highest BCUT2D eigenvalue weighted by Gasteiger charge is 2.11. The predicted molar refractivity (Wildman–Crippen MR) is 61.9 cm³/mol. The Kier molecular flexibility index (Phi) is 5.00. The summed E-state index contributed by atoms with van der Waals surface area (Å²) in [6.07, 6.45) is -0.358. The maximum absolute atomic E-state index is 11.2.